The Bertz CT molecular complexity index is 910. The number of aromatic nitrogens is 3. The Labute approximate surface area is 156 Å². The number of ether oxygens (including phenoxy) is 1. The standard InChI is InChI=1S/C19H20N4O2S/c1-13-8-4-6-10-16(13)23-12-20-22-19(23)26-14(2)18(24)21-15-9-5-7-11-17(15)25-3/h4-12,14H,1-3H3,(H,21,24)/t14-/m0/s1. The highest BCUT2D eigenvalue weighted by molar-refractivity contribution is 8.00. The Morgan fingerprint density at radius 1 is 1.19 bits per heavy atom. The number of anilines is 1. The molecular weight excluding hydrogens is 348 g/mol. The molecule has 7 heteroatoms. The fraction of sp³-hybridized carbons (Fsp3) is 0.211. The van der Waals surface area contributed by atoms with Gasteiger partial charge in [0.2, 0.25) is 5.91 Å². The van der Waals surface area contributed by atoms with Crippen LogP contribution in [0, 0.1) is 6.92 Å². The molecule has 0 aliphatic rings. The van der Waals surface area contributed by atoms with Gasteiger partial charge in [-0.05, 0) is 37.6 Å². The molecular formula is C19H20N4O2S. The highest BCUT2D eigenvalue weighted by atomic mass is 32.2. The molecule has 0 unspecified atom stereocenters. The van der Waals surface area contributed by atoms with E-state index < -0.39 is 0 Å². The van der Waals surface area contributed by atoms with Crippen molar-refractivity contribution < 1.29 is 9.53 Å². The van der Waals surface area contributed by atoms with E-state index in [-0.39, 0.29) is 11.2 Å². The Morgan fingerprint density at radius 2 is 1.92 bits per heavy atom. The van der Waals surface area contributed by atoms with Crippen LogP contribution >= 0.6 is 11.8 Å². The van der Waals surface area contributed by atoms with E-state index in [2.05, 4.69) is 15.5 Å². The van der Waals surface area contributed by atoms with E-state index in [1.807, 2.05) is 66.9 Å². The first-order valence-corrected chi connectivity index (χ1v) is 9.04. The number of benzene rings is 2. The second kappa shape index (κ2) is 8.05. The first-order valence-electron chi connectivity index (χ1n) is 8.16. The summed E-state index contributed by atoms with van der Waals surface area (Å²) in [5.41, 5.74) is 2.76. The number of aryl methyl sites for hydroxylation is 1. The quantitative estimate of drug-likeness (QED) is 0.672. The fourth-order valence-electron chi connectivity index (χ4n) is 2.50. The first-order chi connectivity index (χ1) is 12.6. The van der Waals surface area contributed by atoms with Gasteiger partial charge in [0.05, 0.1) is 23.7 Å². The van der Waals surface area contributed by atoms with Crippen molar-refractivity contribution in [3.63, 3.8) is 0 Å². The predicted octanol–water partition coefficient (Wildman–Crippen LogP) is 3.70. The number of carbonyl (C=O) groups is 1. The van der Waals surface area contributed by atoms with E-state index in [4.69, 9.17) is 4.74 Å². The van der Waals surface area contributed by atoms with Gasteiger partial charge in [0.25, 0.3) is 0 Å². The number of hydrogen-bond acceptors (Lipinski definition) is 5. The van der Waals surface area contributed by atoms with E-state index >= 15 is 0 Å². The lowest BCUT2D eigenvalue weighted by atomic mass is 10.2. The molecule has 3 aromatic rings. The number of hydrogen-bond donors (Lipinski definition) is 1. The molecule has 6 nitrogen and oxygen atoms in total. The third-order valence-electron chi connectivity index (χ3n) is 3.91. The number of methoxy groups -OCH3 is 1. The van der Waals surface area contributed by atoms with Gasteiger partial charge in [0.1, 0.15) is 12.1 Å². The van der Waals surface area contributed by atoms with Gasteiger partial charge in [-0.15, -0.1) is 10.2 Å². The summed E-state index contributed by atoms with van der Waals surface area (Å²) in [7, 11) is 1.58. The summed E-state index contributed by atoms with van der Waals surface area (Å²) in [4.78, 5) is 12.6. The summed E-state index contributed by atoms with van der Waals surface area (Å²) >= 11 is 1.36. The lowest BCUT2D eigenvalue weighted by molar-refractivity contribution is -0.115. The molecule has 2 aromatic carbocycles. The minimum absolute atomic E-state index is 0.126. The van der Waals surface area contributed by atoms with Gasteiger partial charge in [-0.3, -0.25) is 9.36 Å². The molecule has 0 spiro atoms. The third kappa shape index (κ3) is 3.88. The SMILES string of the molecule is COc1ccccc1NC(=O)[C@H](C)Sc1nncn1-c1ccccc1C. The molecule has 0 fully saturated rings. The van der Waals surface area contributed by atoms with Crippen LogP contribution in [-0.2, 0) is 4.79 Å². The molecule has 1 N–H and O–H groups in total. The summed E-state index contributed by atoms with van der Waals surface area (Å²) in [6.07, 6.45) is 1.66. The molecule has 1 aromatic heterocycles. The molecule has 0 aliphatic heterocycles. The summed E-state index contributed by atoms with van der Waals surface area (Å²) in [5.74, 6) is 0.500. The molecule has 0 radical (unpaired) electrons. The number of nitrogens with zero attached hydrogens (tertiary/aromatic N) is 3. The molecule has 134 valence electrons. The van der Waals surface area contributed by atoms with Crippen LogP contribution in [0.2, 0.25) is 0 Å². The molecule has 1 heterocycles. The van der Waals surface area contributed by atoms with Crippen LogP contribution in [0.25, 0.3) is 5.69 Å². The summed E-state index contributed by atoms with van der Waals surface area (Å²) in [6, 6.07) is 15.3. The lowest BCUT2D eigenvalue weighted by Gasteiger charge is -2.14. The van der Waals surface area contributed by atoms with E-state index in [0.717, 1.165) is 11.3 Å². The zero-order valence-electron chi connectivity index (χ0n) is 14.8. The van der Waals surface area contributed by atoms with Crippen molar-refractivity contribution in [2.24, 2.45) is 0 Å². The maximum atomic E-state index is 12.6. The number of nitrogens with one attached hydrogen (secondary N) is 1. The van der Waals surface area contributed by atoms with Crippen molar-refractivity contribution in [2.45, 2.75) is 24.3 Å². The third-order valence-corrected chi connectivity index (χ3v) is 4.96. The zero-order chi connectivity index (χ0) is 18.5. The second-order valence-corrected chi connectivity index (χ2v) is 7.03. The maximum absolute atomic E-state index is 12.6. The summed E-state index contributed by atoms with van der Waals surface area (Å²) in [6.45, 7) is 3.87. The molecule has 26 heavy (non-hydrogen) atoms. The van der Waals surface area contributed by atoms with Crippen molar-refractivity contribution in [2.75, 3.05) is 12.4 Å². The Hall–Kier alpha value is -2.80. The normalized spacial score (nSPS) is 11.8. The number of amides is 1. The van der Waals surface area contributed by atoms with E-state index in [9.17, 15) is 4.79 Å². The maximum Gasteiger partial charge on any atom is 0.237 e. The van der Waals surface area contributed by atoms with Crippen LogP contribution in [0.4, 0.5) is 5.69 Å². The van der Waals surface area contributed by atoms with Crippen LogP contribution in [0.5, 0.6) is 5.75 Å². The van der Waals surface area contributed by atoms with Crippen molar-refractivity contribution in [1.29, 1.82) is 0 Å². The molecule has 0 saturated carbocycles. The Balaban J connectivity index is 1.75. The highest BCUT2D eigenvalue weighted by Gasteiger charge is 2.20. The average Bonchev–Trinajstić information content (AvgIpc) is 3.10. The minimum Gasteiger partial charge on any atom is -0.495 e. The molecule has 0 bridgehead atoms. The second-order valence-electron chi connectivity index (χ2n) is 5.72. The molecule has 0 aliphatic carbocycles. The molecule has 1 atom stereocenters. The van der Waals surface area contributed by atoms with Gasteiger partial charge in [0.15, 0.2) is 5.16 Å². The van der Waals surface area contributed by atoms with Gasteiger partial charge >= 0.3 is 0 Å². The predicted molar refractivity (Wildman–Crippen MR) is 103 cm³/mol. The summed E-state index contributed by atoms with van der Waals surface area (Å²) < 4.78 is 7.17. The van der Waals surface area contributed by atoms with Crippen molar-refractivity contribution >= 4 is 23.4 Å². The number of thioether (sulfide) groups is 1. The number of para-hydroxylation sites is 3. The van der Waals surface area contributed by atoms with Gasteiger partial charge in [-0.1, -0.05) is 42.1 Å². The van der Waals surface area contributed by atoms with Crippen molar-refractivity contribution in [1.82, 2.24) is 14.8 Å². The van der Waals surface area contributed by atoms with Gasteiger partial charge in [0, 0.05) is 0 Å². The van der Waals surface area contributed by atoms with Crippen LogP contribution < -0.4 is 10.1 Å². The fourth-order valence-corrected chi connectivity index (χ4v) is 3.33. The summed E-state index contributed by atoms with van der Waals surface area (Å²) in [5, 5.41) is 11.4. The minimum atomic E-state index is -0.355. The van der Waals surface area contributed by atoms with Crippen LogP contribution in [-0.4, -0.2) is 33.0 Å². The lowest BCUT2D eigenvalue weighted by Crippen LogP contribution is -2.23. The Morgan fingerprint density at radius 3 is 2.69 bits per heavy atom. The Kier molecular flexibility index (Phi) is 5.58. The van der Waals surface area contributed by atoms with Gasteiger partial charge < -0.3 is 10.1 Å². The van der Waals surface area contributed by atoms with Gasteiger partial charge in [-0.2, -0.15) is 0 Å². The topological polar surface area (TPSA) is 69.0 Å². The molecule has 1 amide bonds. The number of rotatable bonds is 6. The average molecular weight is 368 g/mol. The molecule has 3 rings (SSSR count). The van der Waals surface area contributed by atoms with Crippen LogP contribution in [0.1, 0.15) is 12.5 Å². The monoisotopic (exact) mass is 368 g/mol. The van der Waals surface area contributed by atoms with Gasteiger partial charge in [-0.25, -0.2) is 0 Å². The van der Waals surface area contributed by atoms with Crippen LogP contribution in [0.15, 0.2) is 60.0 Å². The van der Waals surface area contributed by atoms with Crippen LogP contribution in [0.3, 0.4) is 0 Å². The number of carbonyl (C=O) groups excluding carboxylic acids is 1. The van der Waals surface area contributed by atoms with Crippen molar-refractivity contribution in [3.05, 3.63) is 60.4 Å². The smallest absolute Gasteiger partial charge is 0.237 e. The largest absolute Gasteiger partial charge is 0.495 e. The first kappa shape index (κ1) is 18.0. The zero-order valence-corrected chi connectivity index (χ0v) is 15.7. The highest BCUT2D eigenvalue weighted by Crippen LogP contribution is 2.28. The van der Waals surface area contributed by atoms with Crippen molar-refractivity contribution in [3.8, 4) is 11.4 Å². The van der Waals surface area contributed by atoms with E-state index in [0.29, 0.717) is 16.6 Å². The molecule has 0 saturated heterocycles. The van der Waals surface area contributed by atoms with E-state index in [1.54, 1.807) is 13.4 Å². The van der Waals surface area contributed by atoms with E-state index in [1.165, 1.54) is 11.8 Å².